The molecule has 5 nitrogen and oxygen atoms in total. The molecule has 2 saturated heterocycles. The van der Waals surface area contributed by atoms with Gasteiger partial charge < -0.3 is 15.5 Å². The van der Waals surface area contributed by atoms with Crippen molar-refractivity contribution in [3.63, 3.8) is 0 Å². The molecule has 116 valence electrons. The van der Waals surface area contributed by atoms with Crippen molar-refractivity contribution in [1.29, 1.82) is 0 Å². The van der Waals surface area contributed by atoms with E-state index in [0.717, 1.165) is 51.7 Å². The lowest BCUT2D eigenvalue weighted by molar-refractivity contribution is -0.137. The van der Waals surface area contributed by atoms with Crippen LogP contribution in [0.1, 0.15) is 45.4 Å². The molecule has 0 aromatic heterocycles. The molecule has 2 unspecified atom stereocenters. The van der Waals surface area contributed by atoms with Gasteiger partial charge in [-0.2, -0.15) is 0 Å². The summed E-state index contributed by atoms with van der Waals surface area (Å²) in [5.74, 6) is 0.0291. The van der Waals surface area contributed by atoms with Crippen LogP contribution < -0.4 is 10.6 Å². The van der Waals surface area contributed by atoms with E-state index < -0.39 is 6.04 Å². The van der Waals surface area contributed by atoms with Crippen molar-refractivity contribution < 1.29 is 9.59 Å². The second-order valence-electron chi connectivity index (χ2n) is 5.62. The molecule has 2 atom stereocenters. The highest BCUT2D eigenvalue weighted by Crippen LogP contribution is 2.11. The van der Waals surface area contributed by atoms with Crippen LogP contribution in [0.3, 0.4) is 0 Å². The summed E-state index contributed by atoms with van der Waals surface area (Å²) in [6.07, 6.45) is 6.45. The molecule has 0 bridgehead atoms. The summed E-state index contributed by atoms with van der Waals surface area (Å²) in [5, 5.41) is 6.06. The highest BCUT2D eigenvalue weighted by molar-refractivity contribution is 5.89. The van der Waals surface area contributed by atoms with E-state index in [9.17, 15) is 9.59 Å². The first-order chi connectivity index (χ1) is 9.18. The number of hydrogen-bond donors (Lipinski definition) is 2. The molecule has 2 rings (SSSR count). The Morgan fingerprint density at radius 2 is 1.85 bits per heavy atom. The molecule has 20 heavy (non-hydrogen) atoms. The van der Waals surface area contributed by atoms with Crippen molar-refractivity contribution in [2.45, 2.75) is 57.5 Å². The van der Waals surface area contributed by atoms with Gasteiger partial charge in [-0.25, -0.2) is 0 Å². The number of nitrogens with one attached hydrogen (secondary N) is 2. The Morgan fingerprint density at radius 3 is 2.45 bits per heavy atom. The van der Waals surface area contributed by atoms with E-state index in [1.165, 1.54) is 6.42 Å². The van der Waals surface area contributed by atoms with E-state index in [2.05, 4.69) is 10.6 Å². The van der Waals surface area contributed by atoms with Gasteiger partial charge in [0.25, 0.3) is 0 Å². The Balaban J connectivity index is 0.00000200. The predicted molar refractivity (Wildman–Crippen MR) is 80.9 cm³/mol. The lowest BCUT2D eigenvalue weighted by Crippen LogP contribution is -2.54. The molecule has 0 aromatic rings. The van der Waals surface area contributed by atoms with Gasteiger partial charge in [-0.15, -0.1) is 12.4 Å². The van der Waals surface area contributed by atoms with Gasteiger partial charge in [0, 0.05) is 13.1 Å². The van der Waals surface area contributed by atoms with Gasteiger partial charge in [0.2, 0.25) is 11.8 Å². The third-order valence-electron chi connectivity index (χ3n) is 4.02. The van der Waals surface area contributed by atoms with E-state index in [1.807, 2.05) is 4.90 Å². The monoisotopic (exact) mass is 303 g/mol. The van der Waals surface area contributed by atoms with Gasteiger partial charge in [-0.1, -0.05) is 6.42 Å². The zero-order chi connectivity index (χ0) is 13.7. The number of amides is 2. The third-order valence-corrected chi connectivity index (χ3v) is 4.02. The zero-order valence-corrected chi connectivity index (χ0v) is 13.0. The minimum Gasteiger partial charge on any atom is -0.343 e. The molecule has 2 aliphatic rings. The average Bonchev–Trinajstić information content (AvgIpc) is 2.48. The van der Waals surface area contributed by atoms with Crippen LogP contribution in [0.25, 0.3) is 0 Å². The molecule has 0 saturated carbocycles. The molecule has 0 aromatic carbocycles. The van der Waals surface area contributed by atoms with Gasteiger partial charge in [0.05, 0.1) is 6.04 Å². The van der Waals surface area contributed by atoms with Crippen molar-refractivity contribution in [3.8, 4) is 0 Å². The van der Waals surface area contributed by atoms with Gasteiger partial charge >= 0.3 is 0 Å². The van der Waals surface area contributed by atoms with Crippen LogP contribution in [0.4, 0.5) is 0 Å². The molecule has 2 aliphatic heterocycles. The van der Waals surface area contributed by atoms with Gasteiger partial charge in [0.1, 0.15) is 6.04 Å². The third kappa shape index (κ3) is 4.63. The van der Waals surface area contributed by atoms with Crippen molar-refractivity contribution in [3.05, 3.63) is 0 Å². The number of likely N-dealkylation sites (tertiary alicyclic amines) is 1. The molecular weight excluding hydrogens is 278 g/mol. The van der Waals surface area contributed by atoms with Crippen LogP contribution in [0.2, 0.25) is 0 Å². The van der Waals surface area contributed by atoms with E-state index in [1.54, 1.807) is 6.92 Å². The first-order valence-electron chi connectivity index (χ1n) is 7.51. The maximum atomic E-state index is 12.2. The largest absolute Gasteiger partial charge is 0.343 e. The summed E-state index contributed by atoms with van der Waals surface area (Å²) in [4.78, 5) is 26.1. The number of carbonyl (C=O) groups is 2. The van der Waals surface area contributed by atoms with E-state index in [0.29, 0.717) is 0 Å². The minimum atomic E-state index is -0.408. The lowest BCUT2D eigenvalue weighted by Gasteiger charge is -2.30. The predicted octanol–water partition coefficient (Wildman–Crippen LogP) is 1.07. The van der Waals surface area contributed by atoms with Crippen LogP contribution in [0.15, 0.2) is 0 Å². The quantitative estimate of drug-likeness (QED) is 0.820. The molecule has 6 heteroatoms. The fourth-order valence-electron chi connectivity index (χ4n) is 2.84. The molecule has 2 amide bonds. The maximum Gasteiger partial charge on any atom is 0.244 e. The van der Waals surface area contributed by atoms with Gasteiger partial charge in [0.15, 0.2) is 0 Å². The second kappa shape index (κ2) is 8.47. The smallest absolute Gasteiger partial charge is 0.244 e. The van der Waals surface area contributed by atoms with Gasteiger partial charge in [-0.3, -0.25) is 9.59 Å². The summed E-state index contributed by atoms with van der Waals surface area (Å²) < 4.78 is 0. The number of rotatable bonds is 3. The summed E-state index contributed by atoms with van der Waals surface area (Å²) in [6, 6.07) is -0.528. The molecule has 2 fully saturated rings. The maximum absolute atomic E-state index is 12.2. The molecule has 2 N–H and O–H groups in total. The molecule has 0 radical (unpaired) electrons. The van der Waals surface area contributed by atoms with E-state index >= 15 is 0 Å². The van der Waals surface area contributed by atoms with E-state index in [-0.39, 0.29) is 30.3 Å². The Morgan fingerprint density at radius 1 is 1.15 bits per heavy atom. The summed E-state index contributed by atoms with van der Waals surface area (Å²) >= 11 is 0. The summed E-state index contributed by atoms with van der Waals surface area (Å²) in [7, 11) is 0. The first kappa shape index (κ1) is 17.2. The van der Waals surface area contributed by atoms with Crippen molar-refractivity contribution >= 4 is 24.2 Å². The van der Waals surface area contributed by atoms with Crippen LogP contribution in [-0.4, -0.2) is 48.4 Å². The number of piperidine rings is 2. The van der Waals surface area contributed by atoms with E-state index in [4.69, 9.17) is 0 Å². The summed E-state index contributed by atoms with van der Waals surface area (Å²) in [6.45, 7) is 4.35. The average molecular weight is 304 g/mol. The van der Waals surface area contributed by atoms with Crippen molar-refractivity contribution in [2.75, 3.05) is 19.6 Å². The Labute approximate surface area is 127 Å². The standard InChI is InChI=1S/C14H25N3O2.ClH/c1-11(14(19)17-9-5-2-6-10-17)16-13(18)12-7-3-4-8-15-12;/h11-12,15H,2-10H2,1H3,(H,16,18);1H. The summed E-state index contributed by atoms with van der Waals surface area (Å²) in [5.41, 5.74) is 0. The number of nitrogens with zero attached hydrogens (tertiary/aromatic N) is 1. The highest BCUT2D eigenvalue weighted by Gasteiger charge is 2.26. The molecule has 2 heterocycles. The van der Waals surface area contributed by atoms with Gasteiger partial charge in [-0.05, 0) is 45.6 Å². The lowest BCUT2D eigenvalue weighted by atomic mass is 10.0. The number of hydrogen-bond acceptors (Lipinski definition) is 3. The fourth-order valence-corrected chi connectivity index (χ4v) is 2.84. The van der Waals surface area contributed by atoms with Crippen molar-refractivity contribution in [2.24, 2.45) is 0 Å². The van der Waals surface area contributed by atoms with Crippen LogP contribution >= 0.6 is 12.4 Å². The number of carbonyl (C=O) groups excluding carboxylic acids is 2. The normalized spacial score (nSPS) is 24.4. The Bertz CT molecular complexity index is 326. The topological polar surface area (TPSA) is 61.4 Å². The fraction of sp³-hybridized carbons (Fsp3) is 0.857. The van der Waals surface area contributed by atoms with Crippen LogP contribution in [0.5, 0.6) is 0 Å². The zero-order valence-electron chi connectivity index (χ0n) is 12.2. The SMILES string of the molecule is CC(NC(=O)C1CCCCN1)C(=O)N1CCCCC1.Cl. The molecule has 0 aliphatic carbocycles. The minimum absolute atomic E-state index is 0. The van der Waals surface area contributed by atoms with Crippen LogP contribution in [-0.2, 0) is 9.59 Å². The Kier molecular flexibility index (Phi) is 7.30. The molecule has 0 spiro atoms. The first-order valence-corrected chi connectivity index (χ1v) is 7.51. The van der Waals surface area contributed by atoms with Crippen molar-refractivity contribution in [1.82, 2.24) is 15.5 Å². The van der Waals surface area contributed by atoms with Crippen LogP contribution in [0, 0.1) is 0 Å². The second-order valence-corrected chi connectivity index (χ2v) is 5.62. The molecular formula is C14H26ClN3O2. The highest BCUT2D eigenvalue weighted by atomic mass is 35.5. The Hall–Kier alpha value is -0.810. The number of halogens is 1.